The molecule has 0 aliphatic carbocycles. The Kier molecular flexibility index (Phi) is 7.08. The summed E-state index contributed by atoms with van der Waals surface area (Å²) in [6.45, 7) is 2.38. The molecule has 9 nitrogen and oxygen atoms in total. The average Bonchev–Trinajstić information content (AvgIpc) is 3.18. The first-order chi connectivity index (χ1) is 14.3. The van der Waals surface area contributed by atoms with Gasteiger partial charge in [0.25, 0.3) is 5.91 Å². The number of esters is 1. The number of carbonyl (C=O) groups excluding carboxylic acids is 2. The maximum atomic E-state index is 13.0. The van der Waals surface area contributed by atoms with Crippen molar-refractivity contribution in [3.8, 4) is 5.75 Å². The Hall–Kier alpha value is -2.47. The highest BCUT2D eigenvalue weighted by Gasteiger charge is 2.29. The second kappa shape index (κ2) is 9.56. The van der Waals surface area contributed by atoms with Crippen LogP contribution in [0.25, 0.3) is 0 Å². The first kappa shape index (κ1) is 22.2. The molecular weight excluding hydrogens is 432 g/mol. The van der Waals surface area contributed by atoms with E-state index < -0.39 is 28.5 Å². The van der Waals surface area contributed by atoms with E-state index in [0.29, 0.717) is 18.1 Å². The molecule has 11 heteroatoms. The quantitative estimate of drug-likeness (QED) is 0.636. The molecule has 30 heavy (non-hydrogen) atoms. The van der Waals surface area contributed by atoms with Crippen molar-refractivity contribution in [2.24, 2.45) is 0 Å². The lowest BCUT2D eigenvalue weighted by molar-refractivity contribution is -0.119. The number of benzene rings is 1. The van der Waals surface area contributed by atoms with Gasteiger partial charge in [-0.05, 0) is 42.1 Å². The smallest absolute Gasteiger partial charge is 0.349 e. The highest BCUT2D eigenvalue weighted by Crippen LogP contribution is 2.30. The van der Waals surface area contributed by atoms with Crippen molar-refractivity contribution < 1.29 is 32.2 Å². The molecular formula is C19H22N2O7S2. The van der Waals surface area contributed by atoms with Gasteiger partial charge in [0.1, 0.15) is 15.5 Å². The summed E-state index contributed by atoms with van der Waals surface area (Å²) in [5, 5.41) is 4.31. The maximum Gasteiger partial charge on any atom is 0.349 e. The van der Waals surface area contributed by atoms with Gasteiger partial charge in [-0.1, -0.05) is 0 Å². The van der Waals surface area contributed by atoms with E-state index in [0.717, 1.165) is 5.56 Å². The monoisotopic (exact) mass is 454 g/mol. The van der Waals surface area contributed by atoms with Crippen molar-refractivity contribution in [3.63, 3.8) is 0 Å². The number of thiophene rings is 1. The molecule has 0 unspecified atom stereocenters. The number of ether oxygens (including phenoxy) is 3. The number of nitrogens with one attached hydrogen (secondary N) is 1. The van der Waals surface area contributed by atoms with Crippen LogP contribution >= 0.6 is 11.3 Å². The van der Waals surface area contributed by atoms with Crippen LogP contribution < -0.4 is 10.1 Å². The summed E-state index contributed by atoms with van der Waals surface area (Å²) in [5.74, 6) is -1.00. The van der Waals surface area contributed by atoms with E-state index in [-0.39, 0.29) is 29.4 Å². The fourth-order valence-electron chi connectivity index (χ4n) is 2.86. The summed E-state index contributed by atoms with van der Waals surface area (Å²) in [6, 6.07) is 6.09. The molecule has 1 aromatic heterocycles. The van der Waals surface area contributed by atoms with Gasteiger partial charge in [0.2, 0.25) is 10.0 Å². The van der Waals surface area contributed by atoms with E-state index in [2.05, 4.69) is 5.32 Å². The summed E-state index contributed by atoms with van der Waals surface area (Å²) >= 11 is 1.24. The average molecular weight is 455 g/mol. The lowest BCUT2D eigenvalue weighted by atomic mass is 10.3. The topological polar surface area (TPSA) is 111 Å². The van der Waals surface area contributed by atoms with Crippen LogP contribution in [0, 0.1) is 6.92 Å². The van der Waals surface area contributed by atoms with E-state index in [1.165, 1.54) is 41.0 Å². The van der Waals surface area contributed by atoms with Crippen LogP contribution in [0.15, 0.2) is 34.5 Å². The van der Waals surface area contributed by atoms with E-state index >= 15 is 0 Å². The lowest BCUT2D eigenvalue weighted by Crippen LogP contribution is -2.40. The summed E-state index contributed by atoms with van der Waals surface area (Å²) in [6.07, 6.45) is 0. The molecule has 1 aromatic carbocycles. The number of carbonyl (C=O) groups is 2. The number of methoxy groups -OCH3 is 1. The zero-order chi connectivity index (χ0) is 21.7. The zero-order valence-electron chi connectivity index (χ0n) is 16.5. The molecule has 1 aliphatic rings. The first-order valence-corrected chi connectivity index (χ1v) is 11.4. The normalized spacial score (nSPS) is 14.9. The number of amides is 1. The number of anilines is 1. The largest absolute Gasteiger partial charge is 0.495 e. The van der Waals surface area contributed by atoms with E-state index in [1.54, 1.807) is 18.4 Å². The van der Waals surface area contributed by atoms with Gasteiger partial charge in [0.05, 0.1) is 20.3 Å². The molecule has 2 aromatic rings. The van der Waals surface area contributed by atoms with Crippen molar-refractivity contribution in [2.45, 2.75) is 11.8 Å². The number of rotatable bonds is 7. The van der Waals surface area contributed by atoms with Crippen molar-refractivity contribution in [1.82, 2.24) is 4.31 Å². The van der Waals surface area contributed by atoms with E-state index in [1.807, 2.05) is 0 Å². The molecule has 1 saturated heterocycles. The zero-order valence-corrected chi connectivity index (χ0v) is 18.2. The number of sulfonamides is 1. The van der Waals surface area contributed by atoms with Crippen LogP contribution in [0.3, 0.4) is 0 Å². The van der Waals surface area contributed by atoms with Crippen molar-refractivity contribution >= 4 is 38.9 Å². The van der Waals surface area contributed by atoms with Gasteiger partial charge in [-0.15, -0.1) is 11.3 Å². The highest BCUT2D eigenvalue weighted by molar-refractivity contribution is 7.89. The van der Waals surface area contributed by atoms with Gasteiger partial charge in [-0.3, -0.25) is 4.79 Å². The SMILES string of the molecule is COc1ccc(NC(=O)COC(=O)c2sccc2C)cc1S(=O)(=O)N1CCOCC1. The second-order valence-electron chi connectivity index (χ2n) is 6.44. The molecule has 0 bridgehead atoms. The minimum atomic E-state index is -3.83. The Morgan fingerprint density at radius 3 is 2.60 bits per heavy atom. The second-order valence-corrected chi connectivity index (χ2v) is 9.26. The highest BCUT2D eigenvalue weighted by atomic mass is 32.2. The van der Waals surface area contributed by atoms with E-state index in [9.17, 15) is 18.0 Å². The van der Waals surface area contributed by atoms with E-state index in [4.69, 9.17) is 14.2 Å². The predicted molar refractivity (Wildman–Crippen MR) is 111 cm³/mol. The third-order valence-corrected chi connectivity index (χ3v) is 7.33. The predicted octanol–water partition coefficient (Wildman–Crippen LogP) is 1.88. The Morgan fingerprint density at radius 1 is 1.23 bits per heavy atom. The third kappa shape index (κ3) is 4.98. The van der Waals surface area contributed by atoms with Gasteiger partial charge < -0.3 is 19.5 Å². The van der Waals surface area contributed by atoms with Crippen LogP contribution in [0.1, 0.15) is 15.2 Å². The fourth-order valence-corrected chi connectivity index (χ4v) is 5.26. The minimum Gasteiger partial charge on any atom is -0.495 e. The van der Waals surface area contributed by atoms with Crippen LogP contribution in [-0.2, 0) is 24.3 Å². The number of hydrogen-bond acceptors (Lipinski definition) is 8. The molecule has 1 aliphatic heterocycles. The molecule has 1 N–H and O–H groups in total. The molecule has 0 radical (unpaired) electrons. The van der Waals surface area contributed by atoms with Gasteiger partial charge in [0.15, 0.2) is 6.61 Å². The standard InChI is InChI=1S/C19H22N2O7S2/c1-13-5-10-29-18(13)19(23)28-12-17(22)20-14-3-4-15(26-2)16(11-14)30(24,25)21-6-8-27-9-7-21/h3-5,10-11H,6-9,12H2,1-2H3,(H,20,22). The van der Waals surface area contributed by atoms with Gasteiger partial charge >= 0.3 is 5.97 Å². The number of hydrogen-bond donors (Lipinski definition) is 1. The van der Waals surface area contributed by atoms with Gasteiger partial charge in [-0.2, -0.15) is 4.31 Å². The van der Waals surface area contributed by atoms with Crippen LogP contribution in [0.5, 0.6) is 5.75 Å². The molecule has 1 fully saturated rings. The minimum absolute atomic E-state index is 0.0593. The van der Waals surface area contributed by atoms with Crippen molar-refractivity contribution in [1.29, 1.82) is 0 Å². The van der Waals surface area contributed by atoms with Crippen molar-refractivity contribution in [3.05, 3.63) is 40.1 Å². The molecule has 162 valence electrons. The molecule has 1 amide bonds. The Balaban J connectivity index is 1.70. The first-order valence-electron chi connectivity index (χ1n) is 9.10. The van der Waals surface area contributed by atoms with Gasteiger partial charge in [0, 0.05) is 18.8 Å². The number of aryl methyl sites for hydroxylation is 1. The van der Waals surface area contributed by atoms with Gasteiger partial charge in [-0.25, -0.2) is 13.2 Å². The molecule has 3 rings (SSSR count). The van der Waals surface area contributed by atoms with Crippen molar-refractivity contribution in [2.75, 3.05) is 45.3 Å². The molecule has 2 heterocycles. The Labute approximate surface area is 178 Å². The van der Waals surface area contributed by atoms with Crippen LogP contribution in [0.4, 0.5) is 5.69 Å². The summed E-state index contributed by atoms with van der Waals surface area (Å²) in [4.78, 5) is 24.6. The maximum absolute atomic E-state index is 13.0. The Morgan fingerprint density at radius 2 is 1.97 bits per heavy atom. The molecule has 0 saturated carbocycles. The van der Waals surface area contributed by atoms with Crippen LogP contribution in [-0.4, -0.2) is 64.6 Å². The fraction of sp³-hybridized carbons (Fsp3) is 0.368. The summed E-state index contributed by atoms with van der Waals surface area (Å²) in [5.41, 5.74) is 1.02. The lowest BCUT2D eigenvalue weighted by Gasteiger charge is -2.26. The molecule has 0 atom stereocenters. The number of morpholine rings is 1. The Bertz CT molecular complexity index is 1030. The molecule has 0 spiro atoms. The third-order valence-electron chi connectivity index (χ3n) is 4.42. The summed E-state index contributed by atoms with van der Waals surface area (Å²) < 4.78 is 42.7. The van der Waals surface area contributed by atoms with Crippen LogP contribution in [0.2, 0.25) is 0 Å². The summed E-state index contributed by atoms with van der Waals surface area (Å²) in [7, 11) is -2.46. The number of nitrogens with zero attached hydrogens (tertiary/aromatic N) is 1.